The number of aromatic nitrogens is 1. The standard InChI is InChI=1S/C7H6BrNO.K/c8-7-3-6(1-2-10)4-9-5-7;/h1-5,10H;/q;+1/p-1/b2-1+;. The van der Waals surface area contributed by atoms with Crippen LogP contribution in [0.5, 0.6) is 0 Å². The number of pyridine rings is 1. The van der Waals surface area contributed by atoms with Crippen LogP contribution in [0.4, 0.5) is 0 Å². The molecule has 0 aliphatic carbocycles. The summed E-state index contributed by atoms with van der Waals surface area (Å²) in [7, 11) is 0. The molecule has 0 aliphatic rings. The van der Waals surface area contributed by atoms with Crippen LogP contribution >= 0.6 is 15.9 Å². The molecule has 0 fully saturated rings. The fourth-order valence-electron chi connectivity index (χ4n) is 0.598. The van der Waals surface area contributed by atoms with Crippen LogP contribution in [0.25, 0.3) is 6.08 Å². The van der Waals surface area contributed by atoms with Crippen molar-refractivity contribution in [3.8, 4) is 0 Å². The van der Waals surface area contributed by atoms with Gasteiger partial charge in [0, 0.05) is 16.9 Å². The molecule has 2 nitrogen and oxygen atoms in total. The molecule has 0 saturated heterocycles. The predicted molar refractivity (Wildman–Crippen MR) is 41.0 cm³/mol. The third-order valence-electron chi connectivity index (χ3n) is 0.987. The molecular formula is C7H5BrKNO. The van der Waals surface area contributed by atoms with Crippen LogP contribution in [-0.2, 0) is 0 Å². The second kappa shape index (κ2) is 6.34. The number of halogens is 1. The van der Waals surface area contributed by atoms with Gasteiger partial charge in [-0.1, -0.05) is 6.08 Å². The number of hydrogen-bond acceptors (Lipinski definition) is 2. The number of nitrogens with zero attached hydrogens (tertiary/aromatic N) is 1. The smallest absolute Gasteiger partial charge is 0.878 e. The minimum Gasteiger partial charge on any atom is -0.878 e. The molecule has 1 aromatic rings. The van der Waals surface area contributed by atoms with Crippen LogP contribution in [0.3, 0.4) is 0 Å². The maximum absolute atomic E-state index is 9.99. The van der Waals surface area contributed by atoms with E-state index < -0.39 is 0 Å². The molecule has 1 heterocycles. The van der Waals surface area contributed by atoms with Gasteiger partial charge in [-0.25, -0.2) is 0 Å². The Hall–Kier alpha value is 0.806. The zero-order valence-corrected chi connectivity index (χ0v) is 10.8. The predicted octanol–water partition coefficient (Wildman–Crippen LogP) is -1.82. The summed E-state index contributed by atoms with van der Waals surface area (Å²) in [6.45, 7) is 0. The number of hydrogen-bond donors (Lipinski definition) is 0. The summed E-state index contributed by atoms with van der Waals surface area (Å²) < 4.78 is 0.878. The second-order valence-electron chi connectivity index (χ2n) is 1.74. The van der Waals surface area contributed by atoms with Gasteiger partial charge in [-0.15, -0.1) is 6.26 Å². The van der Waals surface area contributed by atoms with Gasteiger partial charge in [-0.2, -0.15) is 0 Å². The topological polar surface area (TPSA) is 36.0 Å². The zero-order valence-electron chi connectivity index (χ0n) is 6.12. The van der Waals surface area contributed by atoms with Gasteiger partial charge in [0.2, 0.25) is 0 Å². The van der Waals surface area contributed by atoms with E-state index in [1.165, 1.54) is 6.08 Å². The van der Waals surface area contributed by atoms with Crippen molar-refractivity contribution in [2.24, 2.45) is 0 Å². The molecule has 0 amide bonds. The summed E-state index contributed by atoms with van der Waals surface area (Å²) >= 11 is 3.23. The molecule has 0 radical (unpaired) electrons. The van der Waals surface area contributed by atoms with E-state index in [0.29, 0.717) is 0 Å². The summed E-state index contributed by atoms with van der Waals surface area (Å²) in [6, 6.07) is 1.82. The van der Waals surface area contributed by atoms with Crippen molar-refractivity contribution < 1.29 is 56.5 Å². The Morgan fingerprint density at radius 1 is 1.45 bits per heavy atom. The van der Waals surface area contributed by atoms with Crippen LogP contribution in [0, 0.1) is 0 Å². The van der Waals surface area contributed by atoms with Gasteiger partial charge >= 0.3 is 51.4 Å². The molecule has 0 bridgehead atoms. The summed E-state index contributed by atoms with van der Waals surface area (Å²) in [5.41, 5.74) is 0.810. The molecule has 52 valence electrons. The normalized spacial score (nSPS) is 9.55. The molecule has 0 unspecified atom stereocenters. The molecule has 0 aliphatic heterocycles. The molecule has 0 aromatic carbocycles. The van der Waals surface area contributed by atoms with E-state index in [-0.39, 0.29) is 51.4 Å². The zero-order chi connectivity index (χ0) is 7.40. The fourth-order valence-corrected chi connectivity index (χ4v) is 0.981. The summed E-state index contributed by atoms with van der Waals surface area (Å²) in [5.74, 6) is 0. The van der Waals surface area contributed by atoms with Crippen molar-refractivity contribution in [3.05, 3.63) is 34.8 Å². The first-order chi connectivity index (χ1) is 4.83. The van der Waals surface area contributed by atoms with Gasteiger partial charge < -0.3 is 5.11 Å². The third-order valence-corrected chi connectivity index (χ3v) is 1.42. The molecular weight excluding hydrogens is 233 g/mol. The van der Waals surface area contributed by atoms with Gasteiger partial charge in [0.15, 0.2) is 0 Å². The Balaban J connectivity index is 0.000001000. The van der Waals surface area contributed by atoms with Gasteiger partial charge in [-0.05, 0) is 27.6 Å². The van der Waals surface area contributed by atoms with Crippen LogP contribution < -0.4 is 56.5 Å². The third kappa shape index (κ3) is 4.40. The minimum absolute atomic E-state index is 0. The SMILES string of the molecule is [K+].[O-]/C=C/c1cncc(Br)c1. The van der Waals surface area contributed by atoms with Crippen molar-refractivity contribution in [1.29, 1.82) is 0 Å². The molecule has 0 spiro atoms. The average molecular weight is 238 g/mol. The van der Waals surface area contributed by atoms with E-state index in [1.807, 2.05) is 6.07 Å². The van der Waals surface area contributed by atoms with Crippen molar-refractivity contribution >= 4 is 22.0 Å². The Kier molecular flexibility index (Phi) is 6.80. The molecule has 1 rings (SSSR count). The van der Waals surface area contributed by atoms with Gasteiger partial charge in [-0.3, -0.25) is 4.98 Å². The van der Waals surface area contributed by atoms with Crippen molar-refractivity contribution in [2.75, 3.05) is 0 Å². The summed E-state index contributed by atoms with van der Waals surface area (Å²) in [5, 5.41) is 9.99. The van der Waals surface area contributed by atoms with E-state index >= 15 is 0 Å². The monoisotopic (exact) mass is 237 g/mol. The van der Waals surface area contributed by atoms with Crippen molar-refractivity contribution in [3.63, 3.8) is 0 Å². The minimum atomic E-state index is 0. The summed E-state index contributed by atoms with van der Waals surface area (Å²) in [6.07, 6.45) is 5.49. The van der Waals surface area contributed by atoms with Crippen molar-refractivity contribution in [2.45, 2.75) is 0 Å². The first-order valence-electron chi connectivity index (χ1n) is 2.72. The second-order valence-corrected chi connectivity index (χ2v) is 2.65. The molecule has 11 heavy (non-hydrogen) atoms. The van der Waals surface area contributed by atoms with Crippen LogP contribution in [0.2, 0.25) is 0 Å². The van der Waals surface area contributed by atoms with E-state index in [9.17, 15) is 5.11 Å². The molecule has 0 N–H and O–H groups in total. The van der Waals surface area contributed by atoms with E-state index in [4.69, 9.17) is 0 Å². The number of rotatable bonds is 1. The average Bonchev–Trinajstić information content (AvgIpc) is 1.88. The van der Waals surface area contributed by atoms with Gasteiger partial charge in [0.25, 0.3) is 0 Å². The van der Waals surface area contributed by atoms with Crippen LogP contribution in [0.1, 0.15) is 5.56 Å². The molecule has 0 saturated carbocycles. The van der Waals surface area contributed by atoms with Gasteiger partial charge in [0.1, 0.15) is 0 Å². The molecule has 4 heteroatoms. The Bertz CT molecular complexity index is 252. The molecule has 0 atom stereocenters. The van der Waals surface area contributed by atoms with Crippen molar-refractivity contribution in [1.82, 2.24) is 4.98 Å². The quantitative estimate of drug-likeness (QED) is 0.426. The van der Waals surface area contributed by atoms with Gasteiger partial charge in [0.05, 0.1) is 0 Å². The van der Waals surface area contributed by atoms with E-state index in [0.717, 1.165) is 16.3 Å². The van der Waals surface area contributed by atoms with Crippen LogP contribution in [-0.4, -0.2) is 4.98 Å². The first-order valence-corrected chi connectivity index (χ1v) is 3.51. The molecule has 1 aromatic heterocycles. The Morgan fingerprint density at radius 2 is 2.18 bits per heavy atom. The Labute approximate surface area is 116 Å². The summed E-state index contributed by atoms with van der Waals surface area (Å²) in [4.78, 5) is 3.87. The fraction of sp³-hybridized carbons (Fsp3) is 0. The first kappa shape index (κ1) is 11.8. The maximum atomic E-state index is 9.99. The maximum Gasteiger partial charge on any atom is 1.00 e. The largest absolute Gasteiger partial charge is 1.00 e. The van der Waals surface area contributed by atoms with E-state index in [2.05, 4.69) is 20.9 Å². The van der Waals surface area contributed by atoms with E-state index in [1.54, 1.807) is 12.4 Å². The Morgan fingerprint density at radius 3 is 2.73 bits per heavy atom. The van der Waals surface area contributed by atoms with Crippen LogP contribution in [0.15, 0.2) is 29.2 Å².